The van der Waals surface area contributed by atoms with Gasteiger partial charge in [-0.3, -0.25) is 9.78 Å². The van der Waals surface area contributed by atoms with E-state index in [-0.39, 0.29) is 5.91 Å². The van der Waals surface area contributed by atoms with Crippen molar-refractivity contribution in [3.63, 3.8) is 0 Å². The summed E-state index contributed by atoms with van der Waals surface area (Å²) < 4.78 is 0.972. The largest absolute Gasteiger partial charge is 0.356 e. The molecule has 1 heterocycles. The number of hydrogen-bond acceptors (Lipinski definition) is 3. The first-order valence-electron chi connectivity index (χ1n) is 5.80. The SMILES string of the molecule is CCCNC(=O)CCNCc1ccc(Br)cn1. The summed E-state index contributed by atoms with van der Waals surface area (Å²) in [5.74, 6) is 0.100. The molecule has 2 N–H and O–H groups in total. The average Bonchev–Trinajstić information content (AvgIpc) is 2.34. The monoisotopic (exact) mass is 299 g/mol. The molecule has 0 aliphatic heterocycles. The minimum absolute atomic E-state index is 0.100. The molecular weight excluding hydrogens is 282 g/mol. The molecule has 1 aromatic rings. The predicted octanol–water partition coefficient (Wildman–Crippen LogP) is 1.85. The number of carbonyl (C=O) groups is 1. The maximum absolute atomic E-state index is 11.3. The lowest BCUT2D eigenvalue weighted by Gasteiger charge is -2.05. The molecule has 4 nitrogen and oxygen atoms in total. The van der Waals surface area contributed by atoms with Crippen LogP contribution in [0.15, 0.2) is 22.8 Å². The summed E-state index contributed by atoms with van der Waals surface area (Å²) >= 11 is 3.33. The molecule has 0 bridgehead atoms. The molecule has 0 spiro atoms. The molecule has 0 aliphatic rings. The highest BCUT2D eigenvalue weighted by Crippen LogP contribution is 2.06. The van der Waals surface area contributed by atoms with Crippen LogP contribution in [0.5, 0.6) is 0 Å². The lowest BCUT2D eigenvalue weighted by Crippen LogP contribution is -2.28. The molecule has 5 heteroatoms. The summed E-state index contributed by atoms with van der Waals surface area (Å²) in [5, 5.41) is 6.03. The second-order valence-electron chi connectivity index (χ2n) is 3.74. The minimum atomic E-state index is 0.100. The van der Waals surface area contributed by atoms with Gasteiger partial charge in [-0.15, -0.1) is 0 Å². The van der Waals surface area contributed by atoms with E-state index in [1.165, 1.54) is 0 Å². The summed E-state index contributed by atoms with van der Waals surface area (Å²) in [6.07, 6.45) is 3.25. The standard InChI is InChI=1S/C12H18BrN3O/c1-2-6-15-12(17)5-7-14-9-11-4-3-10(13)8-16-11/h3-4,8,14H,2,5-7,9H2,1H3,(H,15,17). The third-order valence-corrected chi connectivity index (χ3v) is 2.66. The molecule has 1 aromatic heterocycles. The summed E-state index contributed by atoms with van der Waals surface area (Å²) in [6.45, 7) is 4.16. The molecule has 0 saturated carbocycles. The Morgan fingerprint density at radius 3 is 2.88 bits per heavy atom. The van der Waals surface area contributed by atoms with Gasteiger partial charge in [0.05, 0.1) is 5.69 Å². The van der Waals surface area contributed by atoms with E-state index < -0.39 is 0 Å². The Labute approximate surface area is 110 Å². The van der Waals surface area contributed by atoms with Crippen LogP contribution in [-0.4, -0.2) is 24.0 Å². The quantitative estimate of drug-likeness (QED) is 0.756. The van der Waals surface area contributed by atoms with Crippen LogP contribution in [0.25, 0.3) is 0 Å². The van der Waals surface area contributed by atoms with Crippen LogP contribution in [0, 0.1) is 0 Å². The maximum atomic E-state index is 11.3. The molecule has 0 atom stereocenters. The van der Waals surface area contributed by atoms with Crippen molar-refractivity contribution in [1.82, 2.24) is 15.6 Å². The van der Waals surface area contributed by atoms with Gasteiger partial charge in [-0.1, -0.05) is 6.92 Å². The van der Waals surface area contributed by atoms with E-state index in [1.807, 2.05) is 19.1 Å². The number of carbonyl (C=O) groups excluding carboxylic acids is 1. The minimum Gasteiger partial charge on any atom is -0.356 e. The highest BCUT2D eigenvalue weighted by atomic mass is 79.9. The smallest absolute Gasteiger partial charge is 0.221 e. The van der Waals surface area contributed by atoms with E-state index in [0.717, 1.165) is 23.1 Å². The number of hydrogen-bond donors (Lipinski definition) is 2. The first-order valence-corrected chi connectivity index (χ1v) is 6.59. The Balaban J connectivity index is 2.11. The summed E-state index contributed by atoms with van der Waals surface area (Å²) in [5.41, 5.74) is 0.974. The van der Waals surface area contributed by atoms with Crippen LogP contribution in [0.1, 0.15) is 25.5 Å². The molecule has 0 aromatic carbocycles. The molecule has 0 fully saturated rings. The van der Waals surface area contributed by atoms with E-state index in [1.54, 1.807) is 6.20 Å². The fraction of sp³-hybridized carbons (Fsp3) is 0.500. The van der Waals surface area contributed by atoms with Gasteiger partial charge in [-0.25, -0.2) is 0 Å². The average molecular weight is 300 g/mol. The number of halogens is 1. The molecule has 0 radical (unpaired) electrons. The molecule has 0 saturated heterocycles. The van der Waals surface area contributed by atoms with Crippen LogP contribution >= 0.6 is 15.9 Å². The topological polar surface area (TPSA) is 54.0 Å². The lowest BCUT2D eigenvalue weighted by molar-refractivity contribution is -0.120. The molecule has 1 amide bonds. The second kappa shape index (κ2) is 8.20. The number of pyridine rings is 1. The van der Waals surface area contributed by atoms with Crippen molar-refractivity contribution in [1.29, 1.82) is 0 Å². The molecule has 17 heavy (non-hydrogen) atoms. The van der Waals surface area contributed by atoms with E-state index >= 15 is 0 Å². The zero-order valence-electron chi connectivity index (χ0n) is 10.0. The number of amides is 1. The molecule has 0 unspecified atom stereocenters. The van der Waals surface area contributed by atoms with Crippen LogP contribution < -0.4 is 10.6 Å². The summed E-state index contributed by atoms with van der Waals surface area (Å²) in [6, 6.07) is 3.91. The maximum Gasteiger partial charge on any atom is 0.221 e. The van der Waals surface area contributed by atoms with Gasteiger partial charge in [0.2, 0.25) is 5.91 Å². The summed E-state index contributed by atoms with van der Waals surface area (Å²) in [7, 11) is 0. The van der Waals surface area contributed by atoms with Crippen LogP contribution in [0.3, 0.4) is 0 Å². The number of rotatable bonds is 7. The number of nitrogens with zero attached hydrogens (tertiary/aromatic N) is 1. The molecule has 0 aliphatic carbocycles. The Hall–Kier alpha value is -0.940. The zero-order chi connectivity index (χ0) is 12.5. The molecule has 94 valence electrons. The summed E-state index contributed by atoms with van der Waals surface area (Å²) in [4.78, 5) is 15.5. The van der Waals surface area contributed by atoms with Crippen LogP contribution in [0.2, 0.25) is 0 Å². The molecule has 1 rings (SSSR count). The Morgan fingerprint density at radius 2 is 2.24 bits per heavy atom. The first kappa shape index (κ1) is 14.1. The number of aromatic nitrogens is 1. The number of nitrogens with one attached hydrogen (secondary N) is 2. The van der Waals surface area contributed by atoms with Crippen molar-refractivity contribution in [3.8, 4) is 0 Å². The highest BCUT2D eigenvalue weighted by molar-refractivity contribution is 9.10. The van der Waals surface area contributed by atoms with Crippen molar-refractivity contribution >= 4 is 21.8 Å². The Morgan fingerprint density at radius 1 is 1.41 bits per heavy atom. The normalized spacial score (nSPS) is 10.2. The van der Waals surface area contributed by atoms with E-state index in [9.17, 15) is 4.79 Å². The third-order valence-electron chi connectivity index (χ3n) is 2.20. The van der Waals surface area contributed by atoms with Gasteiger partial charge in [-0.05, 0) is 34.5 Å². The third kappa shape index (κ3) is 6.38. The van der Waals surface area contributed by atoms with Crippen molar-refractivity contribution < 1.29 is 4.79 Å². The van der Waals surface area contributed by atoms with Gasteiger partial charge in [-0.2, -0.15) is 0 Å². The van der Waals surface area contributed by atoms with Gasteiger partial charge in [0.25, 0.3) is 0 Å². The lowest BCUT2D eigenvalue weighted by atomic mass is 10.3. The van der Waals surface area contributed by atoms with Crippen LogP contribution in [-0.2, 0) is 11.3 Å². The van der Waals surface area contributed by atoms with E-state index in [4.69, 9.17) is 0 Å². The Bertz CT molecular complexity index is 340. The van der Waals surface area contributed by atoms with Crippen molar-refractivity contribution in [2.45, 2.75) is 26.3 Å². The predicted molar refractivity (Wildman–Crippen MR) is 71.6 cm³/mol. The second-order valence-corrected chi connectivity index (χ2v) is 4.66. The van der Waals surface area contributed by atoms with Crippen LogP contribution in [0.4, 0.5) is 0 Å². The first-order chi connectivity index (χ1) is 8.22. The zero-order valence-corrected chi connectivity index (χ0v) is 11.6. The van der Waals surface area contributed by atoms with Gasteiger partial charge >= 0.3 is 0 Å². The van der Waals surface area contributed by atoms with E-state index in [2.05, 4.69) is 31.5 Å². The Kier molecular flexibility index (Phi) is 6.81. The van der Waals surface area contributed by atoms with Gasteiger partial charge in [0, 0.05) is 36.7 Å². The molecular formula is C12H18BrN3O. The van der Waals surface area contributed by atoms with Gasteiger partial charge < -0.3 is 10.6 Å². The van der Waals surface area contributed by atoms with Crippen molar-refractivity contribution in [2.75, 3.05) is 13.1 Å². The fourth-order valence-corrected chi connectivity index (χ4v) is 1.52. The van der Waals surface area contributed by atoms with Gasteiger partial charge in [0.1, 0.15) is 0 Å². The van der Waals surface area contributed by atoms with Gasteiger partial charge in [0.15, 0.2) is 0 Å². The fourth-order valence-electron chi connectivity index (χ4n) is 1.28. The van der Waals surface area contributed by atoms with Crippen molar-refractivity contribution in [2.24, 2.45) is 0 Å². The van der Waals surface area contributed by atoms with E-state index in [0.29, 0.717) is 19.5 Å². The van der Waals surface area contributed by atoms with Crippen molar-refractivity contribution in [3.05, 3.63) is 28.5 Å². The highest BCUT2D eigenvalue weighted by Gasteiger charge is 1.99.